The van der Waals surface area contributed by atoms with E-state index >= 15 is 0 Å². The highest BCUT2D eigenvalue weighted by molar-refractivity contribution is 5.93. The van der Waals surface area contributed by atoms with Crippen LogP contribution in [0, 0.1) is 11.3 Å². The van der Waals surface area contributed by atoms with Gasteiger partial charge >= 0.3 is 6.03 Å². The molecular formula is C16H20N4O2. The largest absolute Gasteiger partial charge is 0.373 e. The summed E-state index contributed by atoms with van der Waals surface area (Å²) in [6.45, 7) is 0. The minimum atomic E-state index is -1.02. The first-order valence-electron chi connectivity index (χ1n) is 7.52. The van der Waals surface area contributed by atoms with Crippen LogP contribution in [0.2, 0.25) is 0 Å². The molecule has 0 bridgehead atoms. The number of hydrogen-bond acceptors (Lipinski definition) is 3. The molecule has 2 amide bonds. The Balaban J connectivity index is 1.51. The normalized spacial score (nSPS) is 16.0. The molecule has 1 aliphatic rings. The zero-order valence-electron chi connectivity index (χ0n) is 12.2. The number of anilines is 1. The van der Waals surface area contributed by atoms with Crippen LogP contribution in [0.5, 0.6) is 0 Å². The Labute approximate surface area is 128 Å². The van der Waals surface area contributed by atoms with Crippen LogP contribution >= 0.6 is 0 Å². The van der Waals surface area contributed by atoms with E-state index in [1.807, 2.05) is 24.4 Å². The lowest BCUT2D eigenvalue weighted by Gasteiger charge is -2.27. The number of nitrogens with one attached hydrogen (secondary N) is 4. The van der Waals surface area contributed by atoms with Crippen LogP contribution in [0.25, 0.3) is 10.9 Å². The lowest BCUT2D eigenvalue weighted by molar-refractivity contribution is 0.149. The zero-order chi connectivity index (χ0) is 15.5. The summed E-state index contributed by atoms with van der Waals surface area (Å²) in [5.74, 6) is 0.288. The molecule has 5 N–H and O–H groups in total. The van der Waals surface area contributed by atoms with E-state index in [0.29, 0.717) is 11.4 Å². The van der Waals surface area contributed by atoms with Crippen molar-refractivity contribution in [2.45, 2.75) is 31.9 Å². The summed E-state index contributed by atoms with van der Waals surface area (Å²) in [4.78, 5) is 15.0. The molecule has 1 unspecified atom stereocenters. The number of aromatic nitrogens is 1. The SMILES string of the molecule is N=C(CC(O)NC(=O)Nc1ccc2[nH]ccc2c1)C1CCC1. The van der Waals surface area contributed by atoms with Gasteiger partial charge in [0.05, 0.1) is 0 Å². The van der Waals surface area contributed by atoms with Crippen LogP contribution in [0.3, 0.4) is 0 Å². The van der Waals surface area contributed by atoms with E-state index in [9.17, 15) is 9.90 Å². The third-order valence-electron chi connectivity index (χ3n) is 4.12. The average Bonchev–Trinajstić information content (AvgIpc) is 2.83. The summed E-state index contributed by atoms with van der Waals surface area (Å²) in [6.07, 6.45) is 4.20. The molecular weight excluding hydrogens is 280 g/mol. The first-order chi connectivity index (χ1) is 10.6. The highest BCUT2D eigenvalue weighted by atomic mass is 16.3. The van der Waals surface area contributed by atoms with E-state index in [1.54, 1.807) is 6.07 Å². The summed E-state index contributed by atoms with van der Waals surface area (Å²) in [6, 6.07) is 6.99. The van der Waals surface area contributed by atoms with Crippen LogP contribution in [-0.4, -0.2) is 28.1 Å². The number of fused-ring (bicyclic) bond motifs is 1. The molecule has 6 heteroatoms. The molecule has 0 saturated heterocycles. The molecule has 3 rings (SSSR count). The molecule has 6 nitrogen and oxygen atoms in total. The van der Waals surface area contributed by atoms with Gasteiger partial charge in [-0.3, -0.25) is 0 Å². The maximum atomic E-state index is 11.9. The molecule has 1 fully saturated rings. The van der Waals surface area contributed by atoms with Gasteiger partial charge in [0, 0.05) is 34.9 Å². The zero-order valence-corrected chi connectivity index (χ0v) is 12.2. The monoisotopic (exact) mass is 300 g/mol. The first kappa shape index (κ1) is 14.6. The third-order valence-corrected chi connectivity index (χ3v) is 4.12. The fourth-order valence-corrected chi connectivity index (χ4v) is 2.63. The van der Waals surface area contributed by atoms with E-state index in [-0.39, 0.29) is 12.3 Å². The van der Waals surface area contributed by atoms with E-state index in [4.69, 9.17) is 5.41 Å². The van der Waals surface area contributed by atoms with Gasteiger partial charge in [-0.25, -0.2) is 4.79 Å². The molecule has 116 valence electrons. The van der Waals surface area contributed by atoms with Crippen LogP contribution in [0.1, 0.15) is 25.7 Å². The number of aliphatic hydroxyl groups excluding tert-OH is 1. The van der Waals surface area contributed by atoms with Crippen LogP contribution in [-0.2, 0) is 0 Å². The van der Waals surface area contributed by atoms with Crippen molar-refractivity contribution in [3.05, 3.63) is 30.5 Å². The van der Waals surface area contributed by atoms with Crippen LogP contribution in [0.15, 0.2) is 30.5 Å². The molecule has 22 heavy (non-hydrogen) atoms. The van der Waals surface area contributed by atoms with E-state index in [0.717, 1.165) is 30.2 Å². The number of carbonyl (C=O) groups excluding carboxylic acids is 1. The van der Waals surface area contributed by atoms with E-state index < -0.39 is 12.3 Å². The molecule has 0 spiro atoms. The second-order valence-electron chi connectivity index (χ2n) is 5.75. The predicted octanol–water partition coefficient (Wildman–Crippen LogP) is 2.82. The number of carbonyl (C=O) groups is 1. The van der Waals surface area contributed by atoms with Gasteiger partial charge in [0.25, 0.3) is 0 Å². The minimum absolute atomic E-state index is 0.189. The van der Waals surface area contributed by atoms with Gasteiger partial charge in [0.2, 0.25) is 0 Å². The van der Waals surface area contributed by atoms with Crippen LogP contribution in [0.4, 0.5) is 10.5 Å². The Morgan fingerprint density at radius 3 is 2.95 bits per heavy atom. The molecule has 2 aromatic rings. The average molecular weight is 300 g/mol. The number of rotatable bonds is 5. The van der Waals surface area contributed by atoms with Gasteiger partial charge in [0.15, 0.2) is 0 Å². The third kappa shape index (κ3) is 3.28. The molecule has 0 radical (unpaired) electrons. The molecule has 1 saturated carbocycles. The van der Waals surface area contributed by atoms with Gasteiger partial charge in [-0.15, -0.1) is 0 Å². The number of aromatic amines is 1. The lowest BCUT2D eigenvalue weighted by atomic mass is 9.80. The molecule has 1 atom stereocenters. The van der Waals surface area contributed by atoms with Crippen molar-refractivity contribution in [3.63, 3.8) is 0 Å². The van der Waals surface area contributed by atoms with Gasteiger partial charge < -0.3 is 26.1 Å². The van der Waals surface area contributed by atoms with Crippen LogP contribution < -0.4 is 10.6 Å². The highest BCUT2D eigenvalue weighted by Crippen LogP contribution is 2.28. The highest BCUT2D eigenvalue weighted by Gasteiger charge is 2.24. The van der Waals surface area contributed by atoms with Crippen molar-refractivity contribution in [2.24, 2.45) is 5.92 Å². The Hall–Kier alpha value is -2.34. The Morgan fingerprint density at radius 1 is 1.41 bits per heavy atom. The number of hydrogen-bond donors (Lipinski definition) is 5. The van der Waals surface area contributed by atoms with Crippen molar-refractivity contribution in [2.75, 3.05) is 5.32 Å². The quantitative estimate of drug-likeness (QED) is 0.433. The molecule has 1 aliphatic carbocycles. The number of urea groups is 1. The summed E-state index contributed by atoms with van der Waals surface area (Å²) in [5.41, 5.74) is 2.18. The maximum Gasteiger partial charge on any atom is 0.321 e. The molecule has 1 heterocycles. The van der Waals surface area contributed by atoms with Crippen molar-refractivity contribution < 1.29 is 9.90 Å². The molecule has 0 aliphatic heterocycles. The van der Waals surface area contributed by atoms with Gasteiger partial charge in [-0.1, -0.05) is 6.42 Å². The second-order valence-corrected chi connectivity index (χ2v) is 5.75. The topological polar surface area (TPSA) is 101 Å². The van der Waals surface area contributed by atoms with Gasteiger partial charge in [-0.2, -0.15) is 0 Å². The van der Waals surface area contributed by atoms with Crippen molar-refractivity contribution in [1.29, 1.82) is 5.41 Å². The summed E-state index contributed by atoms with van der Waals surface area (Å²) in [5, 5.41) is 23.9. The van der Waals surface area contributed by atoms with Crippen molar-refractivity contribution in [1.82, 2.24) is 10.3 Å². The lowest BCUT2D eigenvalue weighted by Crippen LogP contribution is -2.40. The van der Waals surface area contributed by atoms with E-state index in [2.05, 4.69) is 15.6 Å². The Kier molecular flexibility index (Phi) is 4.11. The van der Waals surface area contributed by atoms with Gasteiger partial charge in [-0.05, 0) is 43.0 Å². The molecule has 1 aromatic heterocycles. The smallest absolute Gasteiger partial charge is 0.321 e. The second kappa shape index (κ2) is 6.19. The summed E-state index contributed by atoms with van der Waals surface area (Å²) < 4.78 is 0. The number of benzene rings is 1. The minimum Gasteiger partial charge on any atom is -0.373 e. The summed E-state index contributed by atoms with van der Waals surface area (Å²) in [7, 11) is 0. The van der Waals surface area contributed by atoms with Gasteiger partial charge in [0.1, 0.15) is 6.23 Å². The summed E-state index contributed by atoms with van der Waals surface area (Å²) >= 11 is 0. The van der Waals surface area contributed by atoms with Crippen molar-refractivity contribution >= 4 is 28.3 Å². The molecule has 1 aromatic carbocycles. The van der Waals surface area contributed by atoms with Crippen molar-refractivity contribution in [3.8, 4) is 0 Å². The number of H-pyrrole nitrogens is 1. The fourth-order valence-electron chi connectivity index (χ4n) is 2.63. The standard InChI is InChI=1S/C16H20N4O2/c17-13(10-2-1-3-10)9-15(21)20-16(22)19-12-4-5-14-11(8-12)6-7-18-14/h4-8,10,15,17-18,21H,1-3,9H2,(H2,19,20,22). The Bertz CT molecular complexity index is 690. The Morgan fingerprint density at radius 2 is 2.23 bits per heavy atom. The number of amides is 2. The fraction of sp³-hybridized carbons (Fsp3) is 0.375. The van der Waals surface area contributed by atoms with E-state index in [1.165, 1.54) is 0 Å². The maximum absolute atomic E-state index is 11.9. The predicted molar refractivity (Wildman–Crippen MR) is 86.1 cm³/mol. The number of aliphatic hydroxyl groups is 1. The first-order valence-corrected chi connectivity index (χ1v) is 7.52.